The van der Waals surface area contributed by atoms with Gasteiger partial charge in [-0.1, -0.05) is 18.2 Å². The summed E-state index contributed by atoms with van der Waals surface area (Å²) in [6, 6.07) is 14.1. The minimum atomic E-state index is -0.298. The Kier molecular flexibility index (Phi) is 4.69. The molecule has 0 saturated heterocycles. The van der Waals surface area contributed by atoms with Crippen molar-refractivity contribution in [1.29, 1.82) is 0 Å². The molecule has 5 nitrogen and oxygen atoms in total. The molecule has 3 heterocycles. The minimum Gasteiger partial charge on any atom is -0.351 e. The zero-order valence-corrected chi connectivity index (χ0v) is 15.8. The van der Waals surface area contributed by atoms with Crippen LogP contribution < -0.4 is 5.32 Å². The summed E-state index contributed by atoms with van der Waals surface area (Å²) in [6.07, 6.45) is 5.95. The molecular weight excluding hydrogens is 355 g/mol. The fourth-order valence-corrected chi connectivity index (χ4v) is 3.14. The molecule has 4 aromatic rings. The lowest BCUT2D eigenvalue weighted by molar-refractivity contribution is 0.0948. The van der Waals surface area contributed by atoms with E-state index in [1.165, 1.54) is 12.1 Å². The number of hydrogen-bond acceptors (Lipinski definition) is 2. The van der Waals surface area contributed by atoms with Gasteiger partial charge in [-0.2, -0.15) is 0 Å². The van der Waals surface area contributed by atoms with Crippen LogP contribution in [-0.2, 0) is 6.54 Å². The third-order valence-electron chi connectivity index (χ3n) is 4.70. The molecule has 0 aliphatic rings. The molecule has 0 radical (unpaired) electrons. The lowest BCUT2D eigenvalue weighted by Crippen LogP contribution is -2.23. The highest BCUT2D eigenvalue weighted by Gasteiger charge is 2.18. The van der Waals surface area contributed by atoms with E-state index < -0.39 is 0 Å². The van der Waals surface area contributed by atoms with Crippen molar-refractivity contribution in [2.24, 2.45) is 0 Å². The fourth-order valence-electron chi connectivity index (χ4n) is 3.14. The van der Waals surface area contributed by atoms with Gasteiger partial charge >= 0.3 is 0 Å². The SMILES string of the molecule is CC(C)n1ccc(-c2nc(C(=O)NCc3ccc(F)cc3)c3ccccn23)c1. The van der Waals surface area contributed by atoms with Crippen LogP contribution >= 0.6 is 0 Å². The molecule has 6 heteroatoms. The van der Waals surface area contributed by atoms with Gasteiger partial charge in [0, 0.05) is 36.7 Å². The first kappa shape index (κ1) is 18.0. The number of amides is 1. The molecule has 1 aromatic carbocycles. The van der Waals surface area contributed by atoms with Gasteiger partial charge in [0.25, 0.3) is 5.91 Å². The Morgan fingerprint density at radius 3 is 2.61 bits per heavy atom. The number of halogens is 1. The molecule has 0 fully saturated rings. The Bertz CT molecular complexity index is 1130. The van der Waals surface area contributed by atoms with Gasteiger partial charge in [-0.15, -0.1) is 0 Å². The quantitative estimate of drug-likeness (QED) is 0.559. The Labute approximate surface area is 162 Å². The largest absolute Gasteiger partial charge is 0.351 e. The summed E-state index contributed by atoms with van der Waals surface area (Å²) in [5.41, 5.74) is 2.89. The number of carbonyl (C=O) groups excluding carboxylic acids is 1. The first-order valence-electron chi connectivity index (χ1n) is 9.20. The average molecular weight is 376 g/mol. The van der Waals surface area contributed by atoms with E-state index in [0.717, 1.165) is 22.5 Å². The third kappa shape index (κ3) is 3.41. The van der Waals surface area contributed by atoms with Gasteiger partial charge < -0.3 is 9.88 Å². The van der Waals surface area contributed by atoms with E-state index in [-0.39, 0.29) is 11.7 Å². The Hall–Kier alpha value is -3.41. The Morgan fingerprint density at radius 2 is 1.89 bits per heavy atom. The van der Waals surface area contributed by atoms with Crippen molar-refractivity contribution in [3.8, 4) is 11.4 Å². The highest BCUT2D eigenvalue weighted by Crippen LogP contribution is 2.24. The molecule has 0 aliphatic heterocycles. The predicted octanol–water partition coefficient (Wildman–Crippen LogP) is 4.45. The van der Waals surface area contributed by atoms with Crippen LogP contribution in [0.15, 0.2) is 67.1 Å². The van der Waals surface area contributed by atoms with E-state index >= 15 is 0 Å². The van der Waals surface area contributed by atoms with E-state index in [0.29, 0.717) is 18.3 Å². The molecular formula is C22H21FN4O. The zero-order valence-electron chi connectivity index (χ0n) is 15.8. The molecule has 0 saturated carbocycles. The predicted molar refractivity (Wildman–Crippen MR) is 107 cm³/mol. The van der Waals surface area contributed by atoms with Crippen LogP contribution in [0.5, 0.6) is 0 Å². The van der Waals surface area contributed by atoms with Crippen LogP contribution in [-0.4, -0.2) is 19.9 Å². The lowest BCUT2D eigenvalue weighted by atomic mass is 10.2. The number of pyridine rings is 1. The molecule has 0 atom stereocenters. The van der Waals surface area contributed by atoms with Crippen molar-refractivity contribution in [3.63, 3.8) is 0 Å². The van der Waals surface area contributed by atoms with Crippen molar-refractivity contribution < 1.29 is 9.18 Å². The van der Waals surface area contributed by atoms with Crippen molar-refractivity contribution >= 4 is 11.4 Å². The standard InChI is InChI=1S/C22H21FN4O/c1-15(2)26-12-10-17(14-26)21-25-20(19-5-3-4-11-27(19)21)22(28)24-13-16-6-8-18(23)9-7-16/h3-12,14-15H,13H2,1-2H3,(H,24,28). The summed E-state index contributed by atoms with van der Waals surface area (Å²) in [6.45, 7) is 4.54. The number of fused-ring (bicyclic) bond motifs is 1. The Balaban J connectivity index is 1.65. The second-order valence-corrected chi connectivity index (χ2v) is 6.99. The molecule has 0 bridgehead atoms. The summed E-state index contributed by atoms with van der Waals surface area (Å²) >= 11 is 0. The zero-order chi connectivity index (χ0) is 19.7. The number of hydrogen-bond donors (Lipinski definition) is 1. The van der Waals surface area contributed by atoms with Crippen molar-refractivity contribution in [2.45, 2.75) is 26.4 Å². The number of aromatic nitrogens is 3. The van der Waals surface area contributed by atoms with Crippen molar-refractivity contribution in [3.05, 3.63) is 84.2 Å². The second kappa shape index (κ2) is 7.31. The maximum atomic E-state index is 13.0. The smallest absolute Gasteiger partial charge is 0.272 e. The van der Waals surface area contributed by atoms with E-state index in [9.17, 15) is 9.18 Å². The van der Waals surface area contributed by atoms with Gasteiger partial charge in [0.15, 0.2) is 5.69 Å². The molecule has 0 aliphatic carbocycles. The lowest BCUT2D eigenvalue weighted by Gasteiger charge is -2.05. The molecule has 28 heavy (non-hydrogen) atoms. The van der Waals surface area contributed by atoms with Crippen LogP contribution in [0, 0.1) is 5.82 Å². The van der Waals surface area contributed by atoms with Crippen LogP contribution in [0.3, 0.4) is 0 Å². The highest BCUT2D eigenvalue weighted by atomic mass is 19.1. The second-order valence-electron chi connectivity index (χ2n) is 6.99. The van der Waals surface area contributed by atoms with Crippen molar-refractivity contribution in [1.82, 2.24) is 19.3 Å². The molecule has 142 valence electrons. The topological polar surface area (TPSA) is 51.3 Å². The first-order chi connectivity index (χ1) is 13.5. The number of rotatable bonds is 5. The van der Waals surface area contributed by atoms with E-state index in [2.05, 4.69) is 28.7 Å². The highest BCUT2D eigenvalue weighted by molar-refractivity contribution is 6.00. The maximum absolute atomic E-state index is 13.0. The van der Waals surface area contributed by atoms with E-state index in [4.69, 9.17) is 0 Å². The van der Waals surface area contributed by atoms with Crippen LogP contribution in [0.1, 0.15) is 35.9 Å². The van der Waals surface area contributed by atoms with Gasteiger partial charge in [0.2, 0.25) is 0 Å². The summed E-state index contributed by atoms with van der Waals surface area (Å²) < 4.78 is 17.1. The van der Waals surface area contributed by atoms with Gasteiger partial charge in [-0.25, -0.2) is 9.37 Å². The van der Waals surface area contributed by atoms with Crippen LogP contribution in [0.25, 0.3) is 16.9 Å². The number of carbonyl (C=O) groups is 1. The molecule has 1 N–H and O–H groups in total. The molecule has 3 aromatic heterocycles. The summed E-state index contributed by atoms with van der Waals surface area (Å²) in [5.74, 6) is 0.164. The van der Waals surface area contributed by atoms with Crippen LogP contribution in [0.4, 0.5) is 4.39 Å². The maximum Gasteiger partial charge on any atom is 0.272 e. The monoisotopic (exact) mass is 376 g/mol. The van der Waals surface area contributed by atoms with Gasteiger partial charge in [-0.3, -0.25) is 9.20 Å². The fraction of sp³-hybridized carbons (Fsp3) is 0.182. The number of imidazole rings is 1. The van der Waals surface area contributed by atoms with Gasteiger partial charge in [-0.05, 0) is 49.7 Å². The number of nitrogens with zero attached hydrogens (tertiary/aromatic N) is 3. The Morgan fingerprint density at radius 1 is 1.11 bits per heavy atom. The van der Waals surface area contributed by atoms with E-state index in [1.54, 1.807) is 12.1 Å². The molecule has 4 rings (SSSR count). The number of nitrogens with one attached hydrogen (secondary N) is 1. The van der Waals surface area contributed by atoms with E-state index in [1.807, 2.05) is 47.3 Å². The van der Waals surface area contributed by atoms with Gasteiger partial charge in [0.05, 0.1) is 5.52 Å². The summed E-state index contributed by atoms with van der Waals surface area (Å²) in [7, 11) is 0. The summed E-state index contributed by atoms with van der Waals surface area (Å²) in [5, 5.41) is 2.87. The third-order valence-corrected chi connectivity index (χ3v) is 4.70. The van der Waals surface area contributed by atoms with Crippen molar-refractivity contribution in [2.75, 3.05) is 0 Å². The van der Waals surface area contributed by atoms with Gasteiger partial charge in [0.1, 0.15) is 11.6 Å². The summed E-state index contributed by atoms with van der Waals surface area (Å²) in [4.78, 5) is 17.4. The average Bonchev–Trinajstić information content (AvgIpc) is 3.32. The minimum absolute atomic E-state index is 0.262. The molecule has 0 spiro atoms. The molecule has 0 unspecified atom stereocenters. The molecule has 1 amide bonds. The van der Waals surface area contributed by atoms with Crippen LogP contribution in [0.2, 0.25) is 0 Å². The number of benzene rings is 1. The first-order valence-corrected chi connectivity index (χ1v) is 9.20. The normalized spacial score (nSPS) is 11.3.